The highest BCUT2D eigenvalue weighted by Gasteiger charge is 2.20. The average molecular weight is 348 g/mol. The van der Waals surface area contributed by atoms with Crippen molar-refractivity contribution in [2.45, 2.75) is 32.0 Å². The molecule has 26 heavy (non-hydrogen) atoms. The van der Waals surface area contributed by atoms with Gasteiger partial charge in [0.05, 0.1) is 17.5 Å². The summed E-state index contributed by atoms with van der Waals surface area (Å²) >= 11 is 0. The molecule has 0 aliphatic carbocycles. The van der Waals surface area contributed by atoms with E-state index in [-0.39, 0.29) is 0 Å². The molecule has 0 radical (unpaired) electrons. The predicted octanol–water partition coefficient (Wildman–Crippen LogP) is 3.45. The Morgan fingerprint density at radius 1 is 1.08 bits per heavy atom. The molecule has 5 heteroatoms. The quantitative estimate of drug-likeness (QED) is 0.656. The van der Waals surface area contributed by atoms with Crippen LogP contribution in [0.2, 0.25) is 0 Å². The average Bonchev–Trinajstić information content (AvgIpc) is 3.35. The third-order valence-corrected chi connectivity index (χ3v) is 4.67. The molecule has 0 N–H and O–H groups in total. The van der Waals surface area contributed by atoms with E-state index < -0.39 is 0 Å². The highest BCUT2D eigenvalue weighted by molar-refractivity contribution is 5.30. The van der Waals surface area contributed by atoms with Gasteiger partial charge in [-0.3, -0.25) is 9.88 Å². The Kier molecular flexibility index (Phi) is 5.38. The van der Waals surface area contributed by atoms with Crippen LogP contribution >= 0.6 is 0 Å². The van der Waals surface area contributed by atoms with Crippen molar-refractivity contribution in [3.8, 4) is 5.69 Å². The highest BCUT2D eigenvalue weighted by atomic mass is 16.5. The van der Waals surface area contributed by atoms with Gasteiger partial charge in [0.1, 0.15) is 0 Å². The molecule has 1 aromatic carbocycles. The zero-order chi connectivity index (χ0) is 17.6. The summed E-state index contributed by atoms with van der Waals surface area (Å²) in [5.74, 6) is 0. The molecule has 4 rings (SSSR count). The van der Waals surface area contributed by atoms with E-state index in [1.807, 2.05) is 47.5 Å². The Labute approximate surface area is 154 Å². The van der Waals surface area contributed by atoms with Crippen LogP contribution in [0.5, 0.6) is 0 Å². The molecule has 1 saturated heterocycles. The first-order chi connectivity index (χ1) is 12.9. The lowest BCUT2D eigenvalue weighted by atomic mass is 10.2. The van der Waals surface area contributed by atoms with E-state index in [1.165, 1.54) is 5.56 Å². The van der Waals surface area contributed by atoms with E-state index in [4.69, 9.17) is 9.84 Å². The van der Waals surface area contributed by atoms with Crippen LogP contribution in [-0.4, -0.2) is 38.9 Å². The molecule has 0 amide bonds. The summed E-state index contributed by atoms with van der Waals surface area (Å²) in [7, 11) is 0. The summed E-state index contributed by atoms with van der Waals surface area (Å²) < 4.78 is 7.78. The number of para-hydroxylation sites is 1. The third-order valence-electron chi connectivity index (χ3n) is 4.67. The predicted molar refractivity (Wildman–Crippen MR) is 101 cm³/mol. The molecule has 1 aliphatic rings. The van der Waals surface area contributed by atoms with Crippen molar-refractivity contribution >= 4 is 0 Å². The van der Waals surface area contributed by atoms with Crippen molar-refractivity contribution in [1.29, 1.82) is 0 Å². The summed E-state index contributed by atoms with van der Waals surface area (Å²) in [4.78, 5) is 6.65. The molecule has 0 bridgehead atoms. The van der Waals surface area contributed by atoms with Crippen molar-refractivity contribution < 1.29 is 4.74 Å². The Bertz CT molecular complexity index is 797. The first kappa shape index (κ1) is 16.9. The molecule has 5 nitrogen and oxygen atoms in total. The first-order valence-corrected chi connectivity index (χ1v) is 9.20. The van der Waals surface area contributed by atoms with Gasteiger partial charge in [0.25, 0.3) is 0 Å². The van der Waals surface area contributed by atoms with E-state index in [0.717, 1.165) is 50.5 Å². The van der Waals surface area contributed by atoms with Gasteiger partial charge in [-0.2, -0.15) is 5.10 Å². The van der Waals surface area contributed by atoms with Crippen LogP contribution in [0, 0.1) is 0 Å². The van der Waals surface area contributed by atoms with E-state index in [0.29, 0.717) is 6.10 Å². The molecule has 1 atom stereocenters. The normalized spacial score (nSPS) is 17.0. The van der Waals surface area contributed by atoms with E-state index in [9.17, 15) is 0 Å². The topological polar surface area (TPSA) is 43.2 Å². The Balaban J connectivity index is 1.47. The van der Waals surface area contributed by atoms with E-state index in [2.05, 4.69) is 34.1 Å². The maximum Gasteiger partial charge on any atom is 0.0769 e. The number of hydrogen-bond donors (Lipinski definition) is 0. The fourth-order valence-electron chi connectivity index (χ4n) is 3.41. The first-order valence-electron chi connectivity index (χ1n) is 9.20. The highest BCUT2D eigenvalue weighted by Crippen LogP contribution is 2.17. The van der Waals surface area contributed by atoms with Crippen LogP contribution < -0.4 is 0 Å². The maximum atomic E-state index is 5.85. The van der Waals surface area contributed by atoms with Crippen molar-refractivity contribution in [2.24, 2.45) is 0 Å². The lowest BCUT2D eigenvalue weighted by molar-refractivity contribution is 0.0674. The van der Waals surface area contributed by atoms with Crippen LogP contribution in [0.15, 0.2) is 67.1 Å². The molecule has 0 saturated carbocycles. The van der Waals surface area contributed by atoms with Crippen molar-refractivity contribution in [3.05, 3.63) is 78.4 Å². The number of aromatic nitrogens is 3. The molecule has 0 spiro atoms. The largest absolute Gasteiger partial charge is 0.377 e. The number of pyridine rings is 1. The lowest BCUT2D eigenvalue weighted by Gasteiger charge is -2.24. The number of nitrogens with zero attached hydrogens (tertiary/aromatic N) is 4. The zero-order valence-corrected chi connectivity index (χ0v) is 14.9. The number of hydrogen-bond acceptors (Lipinski definition) is 4. The minimum atomic E-state index is 0.322. The molecule has 3 heterocycles. The van der Waals surface area contributed by atoms with Crippen LogP contribution in [-0.2, 0) is 17.8 Å². The third kappa shape index (κ3) is 4.36. The van der Waals surface area contributed by atoms with Crippen LogP contribution in [0.25, 0.3) is 5.69 Å². The van der Waals surface area contributed by atoms with Gasteiger partial charge in [-0.15, -0.1) is 0 Å². The van der Waals surface area contributed by atoms with Crippen LogP contribution in [0.3, 0.4) is 0 Å². The summed E-state index contributed by atoms with van der Waals surface area (Å²) in [5, 5.41) is 4.76. The minimum Gasteiger partial charge on any atom is -0.377 e. The summed E-state index contributed by atoms with van der Waals surface area (Å²) in [5.41, 5.74) is 3.36. The SMILES string of the molecule is c1ccc(-n2ccc(CN(Cc3cccnc3)C[C@@H]3CCCO3)n2)cc1. The van der Waals surface area contributed by atoms with Crippen LogP contribution in [0.1, 0.15) is 24.1 Å². The van der Waals surface area contributed by atoms with Gasteiger partial charge in [-0.25, -0.2) is 4.68 Å². The molecular formula is C21H24N4O. The second-order valence-electron chi connectivity index (χ2n) is 6.75. The summed E-state index contributed by atoms with van der Waals surface area (Å²) in [6.07, 6.45) is 8.40. The van der Waals surface area contributed by atoms with E-state index in [1.54, 1.807) is 0 Å². The molecule has 1 aliphatic heterocycles. The van der Waals surface area contributed by atoms with Gasteiger partial charge in [0.2, 0.25) is 0 Å². The number of ether oxygens (including phenoxy) is 1. The summed E-state index contributed by atoms with van der Waals surface area (Å²) in [6.45, 7) is 3.46. The molecule has 2 aromatic heterocycles. The minimum absolute atomic E-state index is 0.322. The maximum absolute atomic E-state index is 5.85. The van der Waals surface area contributed by atoms with Gasteiger partial charge in [-0.05, 0) is 42.7 Å². The monoisotopic (exact) mass is 348 g/mol. The van der Waals surface area contributed by atoms with E-state index >= 15 is 0 Å². The van der Waals surface area contributed by atoms with Gasteiger partial charge >= 0.3 is 0 Å². The Morgan fingerprint density at radius 3 is 2.77 bits per heavy atom. The smallest absolute Gasteiger partial charge is 0.0769 e. The second kappa shape index (κ2) is 8.25. The van der Waals surface area contributed by atoms with Crippen molar-refractivity contribution in [2.75, 3.05) is 13.2 Å². The van der Waals surface area contributed by atoms with Gasteiger partial charge < -0.3 is 4.74 Å². The lowest BCUT2D eigenvalue weighted by Crippen LogP contribution is -2.31. The second-order valence-corrected chi connectivity index (χ2v) is 6.75. The molecule has 0 unspecified atom stereocenters. The van der Waals surface area contributed by atoms with Gasteiger partial charge in [0.15, 0.2) is 0 Å². The number of benzene rings is 1. The molecule has 134 valence electrons. The zero-order valence-electron chi connectivity index (χ0n) is 14.9. The fraction of sp³-hybridized carbons (Fsp3) is 0.333. The summed E-state index contributed by atoms with van der Waals surface area (Å²) in [6, 6.07) is 16.4. The molecule has 3 aromatic rings. The van der Waals surface area contributed by atoms with Gasteiger partial charge in [0, 0.05) is 44.8 Å². The molecule has 1 fully saturated rings. The number of rotatable bonds is 7. The Morgan fingerprint density at radius 2 is 2.00 bits per heavy atom. The van der Waals surface area contributed by atoms with Crippen LogP contribution in [0.4, 0.5) is 0 Å². The fourth-order valence-corrected chi connectivity index (χ4v) is 3.41. The van der Waals surface area contributed by atoms with Gasteiger partial charge in [-0.1, -0.05) is 24.3 Å². The Hall–Kier alpha value is -2.50. The van der Waals surface area contributed by atoms with Crippen molar-refractivity contribution in [1.82, 2.24) is 19.7 Å². The van der Waals surface area contributed by atoms with Crippen molar-refractivity contribution in [3.63, 3.8) is 0 Å². The standard InChI is InChI=1S/C21H24N4O/c1-2-7-20(8-3-1)25-12-10-19(23-25)16-24(17-21-9-5-13-26-21)15-18-6-4-11-22-14-18/h1-4,6-8,10-12,14,21H,5,9,13,15-17H2/t21-/m0/s1. The molecular weight excluding hydrogens is 324 g/mol.